The molecule has 2 aliphatic heterocycles. The first-order valence-corrected chi connectivity index (χ1v) is 22.5. The number of nitrogens with zero attached hydrogens (tertiary/aromatic N) is 4. The number of halogens is 1. The van der Waals surface area contributed by atoms with E-state index in [1.165, 1.54) is 23.0 Å². The van der Waals surface area contributed by atoms with Gasteiger partial charge in [0.15, 0.2) is 11.5 Å². The van der Waals surface area contributed by atoms with E-state index in [1.807, 2.05) is 80.6 Å². The van der Waals surface area contributed by atoms with Crippen LogP contribution in [0.3, 0.4) is 0 Å². The summed E-state index contributed by atoms with van der Waals surface area (Å²) in [5.41, 5.74) is 3.89. The molecule has 330 valence electrons. The van der Waals surface area contributed by atoms with Crippen molar-refractivity contribution in [3.05, 3.63) is 124 Å². The van der Waals surface area contributed by atoms with E-state index in [2.05, 4.69) is 0 Å². The second-order valence-corrected chi connectivity index (χ2v) is 18.8. The molecule has 6 unspecified atom stereocenters. The number of thiophene rings is 1. The molecule has 4 aromatic carbocycles. The average molecular weight is 909 g/mol. The quantitative estimate of drug-likeness (QED) is 0.0853. The van der Waals surface area contributed by atoms with Gasteiger partial charge in [-0.25, -0.2) is 4.90 Å². The minimum absolute atomic E-state index is 0.0755. The second kappa shape index (κ2) is 15.8. The fraction of sp³-hybridized carbons (Fsp3) is 0.275. The van der Waals surface area contributed by atoms with Gasteiger partial charge in [0, 0.05) is 34.3 Å². The summed E-state index contributed by atoms with van der Waals surface area (Å²) in [5.74, 6) is -3.10. The number of ether oxygens (including phenoxy) is 3. The first kappa shape index (κ1) is 42.3. The monoisotopic (exact) mass is 908 g/mol. The maximum atomic E-state index is 15.3. The molecule has 4 aliphatic rings. The number of fused-ring (bicyclic) bond motifs is 5. The molecular weight excluding hydrogens is 864 g/mol. The van der Waals surface area contributed by atoms with Crippen molar-refractivity contribution in [1.82, 2.24) is 9.78 Å². The van der Waals surface area contributed by atoms with Gasteiger partial charge in [-0.15, -0.1) is 11.3 Å². The van der Waals surface area contributed by atoms with Crippen LogP contribution in [0.25, 0.3) is 32.8 Å². The largest absolute Gasteiger partial charge is 0.504 e. The van der Waals surface area contributed by atoms with Gasteiger partial charge in [0.2, 0.25) is 23.6 Å². The van der Waals surface area contributed by atoms with E-state index in [0.717, 1.165) is 37.2 Å². The number of aryl methyl sites for hydroxylation is 2. The summed E-state index contributed by atoms with van der Waals surface area (Å²) in [6.45, 7) is 3.84. The minimum atomic E-state index is -1.31. The summed E-state index contributed by atoms with van der Waals surface area (Å²) in [4.78, 5) is 63.0. The summed E-state index contributed by atoms with van der Waals surface area (Å²) in [5, 5.41) is 17.1. The molecule has 2 aliphatic carbocycles. The maximum Gasteiger partial charge on any atom is 0.242 e. The maximum absolute atomic E-state index is 15.3. The number of methoxy groups -OCH3 is 3. The molecule has 6 aromatic rings. The Labute approximate surface area is 384 Å². The molecule has 0 spiro atoms. The van der Waals surface area contributed by atoms with Crippen molar-refractivity contribution in [2.45, 2.75) is 32.6 Å². The van der Waals surface area contributed by atoms with E-state index in [9.17, 15) is 14.7 Å². The number of aromatic hydroxyl groups is 1. The number of aromatic nitrogens is 2. The zero-order valence-corrected chi connectivity index (χ0v) is 38.1. The highest BCUT2D eigenvalue weighted by atomic mass is 35.5. The van der Waals surface area contributed by atoms with Gasteiger partial charge in [-0.1, -0.05) is 53.6 Å². The van der Waals surface area contributed by atoms with E-state index < -0.39 is 46.8 Å². The summed E-state index contributed by atoms with van der Waals surface area (Å²) < 4.78 is 19.1. The number of imide groups is 2. The molecule has 1 N–H and O–H groups in total. The lowest BCUT2D eigenvalue weighted by atomic mass is 9.51. The number of hydrogen-bond acceptors (Lipinski definition) is 10. The van der Waals surface area contributed by atoms with Gasteiger partial charge < -0.3 is 19.3 Å². The van der Waals surface area contributed by atoms with Crippen LogP contribution in [-0.4, -0.2) is 59.8 Å². The third-order valence-electron chi connectivity index (χ3n) is 14.1. The number of hydrogen-bond donors (Lipinski definition) is 1. The topological polar surface area (TPSA) is 140 Å². The predicted octanol–water partition coefficient (Wildman–Crippen LogP) is 9.60. The summed E-state index contributed by atoms with van der Waals surface area (Å²) in [6.07, 6.45) is 6.30. The molecule has 12 nitrogen and oxygen atoms in total. The molecule has 14 heteroatoms. The lowest BCUT2D eigenvalue weighted by molar-refractivity contribution is -0.131. The van der Waals surface area contributed by atoms with E-state index in [1.54, 1.807) is 67.6 Å². The predicted molar refractivity (Wildman–Crippen MR) is 250 cm³/mol. The lowest BCUT2D eigenvalue weighted by Gasteiger charge is -2.49. The van der Waals surface area contributed by atoms with Crippen LogP contribution in [0.2, 0.25) is 5.02 Å². The van der Waals surface area contributed by atoms with Crippen LogP contribution in [0.15, 0.2) is 96.6 Å². The molecule has 0 radical (unpaired) electrons. The van der Waals surface area contributed by atoms with Gasteiger partial charge in [-0.05, 0) is 115 Å². The number of phenols is 1. The fourth-order valence-corrected chi connectivity index (χ4v) is 12.2. The third-order valence-corrected chi connectivity index (χ3v) is 15.6. The normalized spacial score (nSPS) is 23.9. The zero-order chi connectivity index (χ0) is 45.6. The van der Waals surface area contributed by atoms with Gasteiger partial charge in [0.25, 0.3) is 0 Å². The number of benzene rings is 4. The SMILES string of the molecule is COc1ccc(OC)c(C=Cc2ccc(N3C(=O)C4CC=C5C(CC6C(=O)N(c7cc(-c8sc9ccc(Cl)cc9c8C)nn7C)C(=O)C6(C)C5c5ccc(O)c(OC)c5)C4C3=O)cc2)c1. The highest BCUT2D eigenvalue weighted by Crippen LogP contribution is 2.64. The van der Waals surface area contributed by atoms with E-state index in [0.29, 0.717) is 39.3 Å². The van der Waals surface area contributed by atoms with Crippen LogP contribution in [0.5, 0.6) is 23.0 Å². The Bertz CT molecular complexity index is 3060. The molecule has 2 aromatic heterocycles. The Balaban J connectivity index is 1.00. The van der Waals surface area contributed by atoms with Gasteiger partial charge >= 0.3 is 0 Å². The highest BCUT2D eigenvalue weighted by Gasteiger charge is 2.68. The van der Waals surface area contributed by atoms with Crippen LogP contribution in [0.4, 0.5) is 11.5 Å². The Hall–Kier alpha value is -6.70. The third kappa shape index (κ3) is 6.49. The number of rotatable bonds is 9. The van der Waals surface area contributed by atoms with Crippen molar-refractivity contribution >= 4 is 80.3 Å². The summed E-state index contributed by atoms with van der Waals surface area (Å²) >= 11 is 7.91. The standard InChI is InChI=1S/C51H45ClN4O8S/c1-26-35-23-30(52)12-20-42(35)65-46(26)38-25-43(54(3)53-38)56-48(59)37-24-36-33(45(51(37,2)50(56)61)29-11-18-39(57)41(22-29)64-6)16-17-34-44(36)49(60)55(47(34)58)31-13-8-27(9-14-31)7-10-28-21-32(62-4)15-19-40(28)63-5/h7-16,18-23,25,34,36-37,44-45,57H,17,24H2,1-6H3. The molecule has 4 amide bonds. The van der Waals surface area contributed by atoms with Crippen molar-refractivity contribution in [3.63, 3.8) is 0 Å². The van der Waals surface area contributed by atoms with Gasteiger partial charge in [-0.3, -0.25) is 28.8 Å². The van der Waals surface area contributed by atoms with Crippen molar-refractivity contribution in [2.75, 3.05) is 31.1 Å². The number of anilines is 2. The van der Waals surface area contributed by atoms with Crippen LogP contribution in [-0.2, 0) is 26.2 Å². The highest BCUT2D eigenvalue weighted by molar-refractivity contribution is 7.22. The molecule has 2 saturated heterocycles. The van der Waals surface area contributed by atoms with Crippen molar-refractivity contribution in [2.24, 2.45) is 36.1 Å². The van der Waals surface area contributed by atoms with Crippen molar-refractivity contribution < 1.29 is 38.5 Å². The van der Waals surface area contributed by atoms with Gasteiger partial charge in [-0.2, -0.15) is 5.10 Å². The minimum Gasteiger partial charge on any atom is -0.504 e. The van der Waals surface area contributed by atoms with Crippen LogP contribution < -0.4 is 24.0 Å². The Morgan fingerprint density at radius 1 is 0.831 bits per heavy atom. The first-order valence-electron chi connectivity index (χ1n) is 21.3. The molecule has 10 rings (SSSR count). The lowest BCUT2D eigenvalue weighted by Crippen LogP contribution is -2.48. The smallest absolute Gasteiger partial charge is 0.242 e. The molecule has 6 atom stereocenters. The number of allylic oxidation sites excluding steroid dienone is 2. The zero-order valence-electron chi connectivity index (χ0n) is 36.5. The molecule has 65 heavy (non-hydrogen) atoms. The molecule has 3 fully saturated rings. The van der Waals surface area contributed by atoms with Crippen molar-refractivity contribution in [1.29, 1.82) is 0 Å². The average Bonchev–Trinajstić information content (AvgIpc) is 3.98. The van der Waals surface area contributed by atoms with E-state index in [-0.39, 0.29) is 36.2 Å². The summed E-state index contributed by atoms with van der Waals surface area (Å²) in [6, 6.07) is 25.3. The van der Waals surface area contributed by atoms with Gasteiger partial charge in [0.1, 0.15) is 23.0 Å². The molecule has 4 heterocycles. The van der Waals surface area contributed by atoms with Crippen LogP contribution in [0.1, 0.15) is 47.9 Å². The molecular formula is C51H45ClN4O8S. The second-order valence-electron chi connectivity index (χ2n) is 17.3. The Kier molecular flexibility index (Phi) is 10.3. The fourth-order valence-electron chi connectivity index (χ4n) is 10.8. The Morgan fingerprint density at radius 2 is 1.60 bits per heavy atom. The van der Waals surface area contributed by atoms with Crippen LogP contribution in [0, 0.1) is 36.0 Å². The van der Waals surface area contributed by atoms with Crippen molar-refractivity contribution in [3.8, 4) is 33.6 Å². The number of phenolic OH excluding ortho intramolecular Hbond substituents is 1. The number of amides is 4. The first-order chi connectivity index (χ1) is 31.3. The van der Waals surface area contributed by atoms with Gasteiger partial charge in [0.05, 0.1) is 55.1 Å². The Morgan fingerprint density at radius 3 is 2.34 bits per heavy atom. The summed E-state index contributed by atoms with van der Waals surface area (Å²) in [7, 11) is 6.38. The number of carbonyl (C=O) groups is 4. The van der Waals surface area contributed by atoms with E-state index in [4.69, 9.17) is 30.9 Å². The van der Waals surface area contributed by atoms with E-state index >= 15 is 9.59 Å². The molecule has 0 bridgehead atoms. The number of carbonyl (C=O) groups excluding carboxylic acids is 4. The van der Waals surface area contributed by atoms with Crippen LogP contribution >= 0.6 is 22.9 Å². The molecule has 1 saturated carbocycles.